The highest BCUT2D eigenvalue weighted by Crippen LogP contribution is 2.26. The smallest absolute Gasteiger partial charge is 0.141 e. The molecule has 1 aromatic rings. The molecule has 2 heteroatoms. The zero-order valence-electron chi connectivity index (χ0n) is 9.42. The molecule has 0 bridgehead atoms. The summed E-state index contributed by atoms with van der Waals surface area (Å²) in [4.78, 5) is 0. The third-order valence-electron chi connectivity index (χ3n) is 2.12. The van der Waals surface area contributed by atoms with Gasteiger partial charge in [0, 0.05) is 6.04 Å². The van der Waals surface area contributed by atoms with Crippen molar-refractivity contribution in [3.05, 3.63) is 23.8 Å². The molecular weight excluding hydrogens is 174 g/mol. The molecule has 0 heterocycles. The highest BCUT2D eigenvalue weighted by molar-refractivity contribution is 5.58. The highest BCUT2D eigenvalue weighted by Gasteiger charge is 2.04. The van der Waals surface area contributed by atoms with Gasteiger partial charge in [-0.05, 0) is 38.0 Å². The molecule has 0 spiro atoms. The van der Waals surface area contributed by atoms with E-state index in [1.165, 1.54) is 5.56 Å². The van der Waals surface area contributed by atoms with Crippen LogP contribution in [-0.2, 0) is 6.42 Å². The van der Waals surface area contributed by atoms with E-state index in [0.29, 0.717) is 6.04 Å². The van der Waals surface area contributed by atoms with Crippen molar-refractivity contribution in [1.82, 2.24) is 0 Å². The van der Waals surface area contributed by atoms with Crippen LogP contribution in [0.25, 0.3) is 0 Å². The summed E-state index contributed by atoms with van der Waals surface area (Å²) >= 11 is 0. The molecule has 0 aromatic heterocycles. The first-order valence-electron chi connectivity index (χ1n) is 5.10. The van der Waals surface area contributed by atoms with Crippen LogP contribution in [0.2, 0.25) is 0 Å². The first-order chi connectivity index (χ1) is 6.67. The van der Waals surface area contributed by atoms with Gasteiger partial charge in [0.05, 0.1) is 12.8 Å². The second kappa shape index (κ2) is 4.89. The van der Waals surface area contributed by atoms with Crippen molar-refractivity contribution in [3.63, 3.8) is 0 Å². The predicted molar refractivity (Wildman–Crippen MR) is 61.1 cm³/mol. The lowest BCUT2D eigenvalue weighted by Gasteiger charge is -2.14. The van der Waals surface area contributed by atoms with E-state index in [0.717, 1.165) is 17.9 Å². The van der Waals surface area contributed by atoms with Gasteiger partial charge in [-0.3, -0.25) is 0 Å². The molecule has 14 heavy (non-hydrogen) atoms. The van der Waals surface area contributed by atoms with Crippen LogP contribution in [0.4, 0.5) is 5.69 Å². The summed E-state index contributed by atoms with van der Waals surface area (Å²) in [5, 5.41) is 3.37. The van der Waals surface area contributed by atoms with Gasteiger partial charge >= 0.3 is 0 Å². The summed E-state index contributed by atoms with van der Waals surface area (Å²) in [5.74, 6) is 0.913. The molecule has 0 aliphatic carbocycles. The number of anilines is 1. The van der Waals surface area contributed by atoms with Gasteiger partial charge in [-0.15, -0.1) is 0 Å². The molecule has 0 radical (unpaired) electrons. The largest absolute Gasteiger partial charge is 0.495 e. The van der Waals surface area contributed by atoms with E-state index in [2.05, 4.69) is 38.2 Å². The van der Waals surface area contributed by atoms with E-state index >= 15 is 0 Å². The van der Waals surface area contributed by atoms with Crippen LogP contribution in [0, 0.1) is 0 Å². The van der Waals surface area contributed by atoms with Gasteiger partial charge in [-0.2, -0.15) is 0 Å². The molecule has 0 aliphatic heterocycles. The Kier molecular flexibility index (Phi) is 3.81. The number of hydrogen-bond donors (Lipinski definition) is 1. The van der Waals surface area contributed by atoms with Gasteiger partial charge < -0.3 is 10.1 Å². The van der Waals surface area contributed by atoms with Crippen LogP contribution in [0.1, 0.15) is 26.3 Å². The van der Waals surface area contributed by atoms with Crippen LogP contribution in [0.5, 0.6) is 5.75 Å². The first-order valence-corrected chi connectivity index (χ1v) is 5.10. The molecular formula is C12H19NO. The van der Waals surface area contributed by atoms with E-state index in [-0.39, 0.29) is 0 Å². The number of ether oxygens (including phenoxy) is 1. The number of rotatable bonds is 4. The molecule has 0 saturated carbocycles. The molecule has 1 N–H and O–H groups in total. The minimum absolute atomic E-state index is 0.427. The number of aryl methyl sites for hydroxylation is 1. The van der Waals surface area contributed by atoms with Crippen LogP contribution >= 0.6 is 0 Å². The number of benzene rings is 1. The summed E-state index contributed by atoms with van der Waals surface area (Å²) in [6.07, 6.45) is 1.05. The molecule has 0 amide bonds. The predicted octanol–water partition coefficient (Wildman–Crippen LogP) is 3.08. The third kappa shape index (κ3) is 2.66. The normalized spacial score (nSPS) is 10.4. The Morgan fingerprint density at radius 2 is 2.07 bits per heavy atom. The number of hydrogen-bond acceptors (Lipinski definition) is 2. The van der Waals surface area contributed by atoms with E-state index < -0.39 is 0 Å². The second-order valence-corrected chi connectivity index (χ2v) is 3.69. The quantitative estimate of drug-likeness (QED) is 0.793. The Labute approximate surface area is 86.3 Å². The van der Waals surface area contributed by atoms with Crippen molar-refractivity contribution < 1.29 is 4.74 Å². The maximum atomic E-state index is 5.28. The van der Waals surface area contributed by atoms with Gasteiger partial charge in [-0.25, -0.2) is 0 Å². The fourth-order valence-corrected chi connectivity index (χ4v) is 1.40. The average molecular weight is 193 g/mol. The Morgan fingerprint density at radius 1 is 1.36 bits per heavy atom. The van der Waals surface area contributed by atoms with Crippen molar-refractivity contribution >= 4 is 5.69 Å². The van der Waals surface area contributed by atoms with Gasteiger partial charge in [0.2, 0.25) is 0 Å². The Bertz CT molecular complexity index is 294. The summed E-state index contributed by atoms with van der Waals surface area (Å²) in [7, 11) is 1.70. The van der Waals surface area contributed by atoms with E-state index in [4.69, 9.17) is 4.74 Å². The van der Waals surface area contributed by atoms with Crippen molar-refractivity contribution in [1.29, 1.82) is 0 Å². The third-order valence-corrected chi connectivity index (χ3v) is 2.12. The average Bonchev–Trinajstić information content (AvgIpc) is 2.16. The lowest BCUT2D eigenvalue weighted by molar-refractivity contribution is 0.416. The van der Waals surface area contributed by atoms with Crippen molar-refractivity contribution in [3.8, 4) is 5.75 Å². The lowest BCUT2D eigenvalue weighted by Crippen LogP contribution is -2.10. The van der Waals surface area contributed by atoms with Gasteiger partial charge in [-0.1, -0.05) is 13.0 Å². The summed E-state index contributed by atoms with van der Waals surface area (Å²) in [5.41, 5.74) is 2.41. The molecule has 1 aromatic carbocycles. The first kappa shape index (κ1) is 10.9. The van der Waals surface area contributed by atoms with E-state index in [1.807, 2.05) is 6.07 Å². The van der Waals surface area contributed by atoms with Crippen molar-refractivity contribution in [2.45, 2.75) is 33.2 Å². The van der Waals surface area contributed by atoms with Gasteiger partial charge in [0.25, 0.3) is 0 Å². The van der Waals surface area contributed by atoms with Crippen LogP contribution < -0.4 is 10.1 Å². The number of nitrogens with one attached hydrogen (secondary N) is 1. The maximum Gasteiger partial charge on any atom is 0.141 e. The monoisotopic (exact) mass is 193 g/mol. The Hall–Kier alpha value is -1.18. The molecule has 0 saturated heterocycles. The van der Waals surface area contributed by atoms with Crippen LogP contribution in [-0.4, -0.2) is 13.2 Å². The summed E-state index contributed by atoms with van der Waals surface area (Å²) in [6.45, 7) is 6.40. The molecule has 1 rings (SSSR count). The lowest BCUT2D eigenvalue weighted by atomic mass is 10.1. The van der Waals surface area contributed by atoms with Gasteiger partial charge in [0.15, 0.2) is 0 Å². The second-order valence-electron chi connectivity index (χ2n) is 3.69. The van der Waals surface area contributed by atoms with E-state index in [9.17, 15) is 0 Å². The maximum absolute atomic E-state index is 5.28. The van der Waals surface area contributed by atoms with E-state index in [1.54, 1.807) is 7.11 Å². The van der Waals surface area contributed by atoms with Crippen LogP contribution in [0.15, 0.2) is 18.2 Å². The molecule has 0 unspecified atom stereocenters. The van der Waals surface area contributed by atoms with Crippen LogP contribution in [0.3, 0.4) is 0 Å². The zero-order valence-corrected chi connectivity index (χ0v) is 9.42. The van der Waals surface area contributed by atoms with Gasteiger partial charge in [0.1, 0.15) is 5.75 Å². The van der Waals surface area contributed by atoms with Crippen molar-refractivity contribution in [2.75, 3.05) is 12.4 Å². The summed E-state index contributed by atoms with van der Waals surface area (Å²) in [6, 6.07) is 6.70. The topological polar surface area (TPSA) is 21.3 Å². The molecule has 0 atom stereocenters. The zero-order chi connectivity index (χ0) is 10.6. The fourth-order valence-electron chi connectivity index (χ4n) is 1.40. The fraction of sp³-hybridized carbons (Fsp3) is 0.500. The number of methoxy groups -OCH3 is 1. The minimum Gasteiger partial charge on any atom is -0.495 e. The highest BCUT2D eigenvalue weighted by atomic mass is 16.5. The Morgan fingerprint density at radius 3 is 2.57 bits per heavy atom. The molecule has 0 aliphatic rings. The molecule has 0 fully saturated rings. The standard InChI is InChI=1S/C12H19NO/c1-5-10-6-7-12(14-4)11(8-10)13-9(2)3/h6-9,13H,5H2,1-4H3. The SMILES string of the molecule is CCc1ccc(OC)c(NC(C)C)c1. The summed E-state index contributed by atoms with van der Waals surface area (Å²) < 4.78 is 5.28. The molecule has 78 valence electrons. The molecule has 2 nitrogen and oxygen atoms in total. The Balaban J connectivity index is 2.96. The minimum atomic E-state index is 0.427. The van der Waals surface area contributed by atoms with Crippen molar-refractivity contribution in [2.24, 2.45) is 0 Å².